The number of benzene rings is 1. The van der Waals surface area contributed by atoms with Gasteiger partial charge < -0.3 is 9.84 Å². The molecule has 6 nitrogen and oxygen atoms in total. The summed E-state index contributed by atoms with van der Waals surface area (Å²) in [5.74, 6) is 1.94. The van der Waals surface area contributed by atoms with Crippen LogP contribution in [0.3, 0.4) is 0 Å². The van der Waals surface area contributed by atoms with Crippen molar-refractivity contribution in [3.05, 3.63) is 40.6 Å². The fourth-order valence-electron chi connectivity index (χ4n) is 2.89. The second-order valence-corrected chi connectivity index (χ2v) is 7.93. The van der Waals surface area contributed by atoms with Crippen LogP contribution in [0.2, 0.25) is 0 Å². The molecule has 1 N–H and O–H groups in total. The molecule has 0 spiro atoms. The molecule has 2 aromatic heterocycles. The molecular weight excluding hydrogens is 396 g/mol. The van der Waals surface area contributed by atoms with Gasteiger partial charge >= 0.3 is 0 Å². The average Bonchev–Trinajstić information content (AvgIpc) is 3.36. The topological polar surface area (TPSA) is 73.1 Å². The van der Waals surface area contributed by atoms with Crippen molar-refractivity contribution in [3.8, 4) is 11.5 Å². The molecule has 1 unspecified atom stereocenters. The molecule has 1 aliphatic rings. The monoisotopic (exact) mass is 416 g/mol. The third kappa shape index (κ3) is 3.33. The molecule has 136 valence electrons. The molecule has 0 amide bonds. The van der Waals surface area contributed by atoms with Crippen molar-refractivity contribution in [2.24, 2.45) is 11.8 Å². The molecule has 1 saturated carbocycles. The number of hydrogen-bond donors (Lipinski definition) is 1. The third-order valence-electron chi connectivity index (χ3n) is 4.65. The van der Waals surface area contributed by atoms with Crippen LogP contribution in [0.1, 0.15) is 38.5 Å². The highest BCUT2D eigenvalue weighted by molar-refractivity contribution is 9.10. The van der Waals surface area contributed by atoms with Gasteiger partial charge in [-0.1, -0.05) is 19.1 Å². The lowest BCUT2D eigenvalue weighted by Crippen LogP contribution is -2.09. The Morgan fingerprint density at radius 1 is 1.27 bits per heavy atom. The first kappa shape index (κ1) is 17.4. The van der Waals surface area contributed by atoms with Crippen LogP contribution in [0, 0.1) is 11.8 Å². The molecule has 4 rings (SSSR count). The number of aromatic nitrogens is 4. The number of aliphatic hydroxyl groups is 1. The van der Waals surface area contributed by atoms with E-state index in [-0.39, 0.29) is 5.92 Å². The van der Waals surface area contributed by atoms with Crippen LogP contribution in [0.25, 0.3) is 11.0 Å². The molecular formula is C19H21BrN4O2. The standard InChI is InChI=1S/C19H21BrN4O2/c1-11(2)19(25)18-15(4-3-9-21-18)26-14-8-7-13-17(16(14)20)22-23-24(13)10-12-5-6-12/h3-4,7-9,11-12,19,25H,5-6,10H2,1-2H3. The second-order valence-electron chi connectivity index (χ2n) is 7.14. The highest BCUT2D eigenvalue weighted by Gasteiger charge is 2.24. The third-order valence-corrected chi connectivity index (χ3v) is 5.42. The van der Waals surface area contributed by atoms with Gasteiger partial charge in [0.05, 0.1) is 9.99 Å². The summed E-state index contributed by atoms with van der Waals surface area (Å²) in [5.41, 5.74) is 2.30. The number of ether oxygens (including phenoxy) is 1. The number of hydrogen-bond acceptors (Lipinski definition) is 5. The summed E-state index contributed by atoms with van der Waals surface area (Å²) in [5, 5.41) is 19.0. The van der Waals surface area contributed by atoms with E-state index in [2.05, 4.69) is 31.2 Å². The molecule has 0 aliphatic heterocycles. The van der Waals surface area contributed by atoms with Crippen molar-refractivity contribution >= 4 is 27.0 Å². The van der Waals surface area contributed by atoms with Gasteiger partial charge in [-0.05, 0) is 64.9 Å². The SMILES string of the molecule is CC(C)C(O)c1ncccc1Oc1ccc2c(nnn2CC2CC2)c1Br. The maximum Gasteiger partial charge on any atom is 0.151 e. The number of halogens is 1. The first-order valence-electron chi connectivity index (χ1n) is 8.87. The van der Waals surface area contributed by atoms with Gasteiger partial charge in [0, 0.05) is 12.7 Å². The van der Waals surface area contributed by atoms with E-state index in [1.54, 1.807) is 12.3 Å². The Bertz CT molecular complexity index is 936. The minimum Gasteiger partial charge on any atom is -0.454 e. The molecule has 26 heavy (non-hydrogen) atoms. The lowest BCUT2D eigenvalue weighted by molar-refractivity contribution is 0.119. The molecule has 1 atom stereocenters. The van der Waals surface area contributed by atoms with E-state index in [0.717, 1.165) is 28.0 Å². The van der Waals surface area contributed by atoms with Gasteiger partial charge in [-0.3, -0.25) is 4.98 Å². The number of fused-ring (bicyclic) bond motifs is 1. The largest absolute Gasteiger partial charge is 0.454 e. The van der Waals surface area contributed by atoms with Crippen LogP contribution in [0.5, 0.6) is 11.5 Å². The number of rotatable bonds is 6. The number of nitrogens with zero attached hydrogens (tertiary/aromatic N) is 4. The van der Waals surface area contributed by atoms with Crippen LogP contribution in [-0.4, -0.2) is 25.1 Å². The van der Waals surface area contributed by atoms with Crippen molar-refractivity contribution in [1.29, 1.82) is 0 Å². The quantitative estimate of drug-likeness (QED) is 0.640. The fourth-order valence-corrected chi connectivity index (χ4v) is 3.39. The highest BCUT2D eigenvalue weighted by atomic mass is 79.9. The van der Waals surface area contributed by atoms with Crippen LogP contribution in [0.15, 0.2) is 34.9 Å². The lowest BCUT2D eigenvalue weighted by atomic mass is 10.0. The van der Waals surface area contributed by atoms with Gasteiger partial charge in [-0.15, -0.1) is 5.10 Å². The molecule has 0 radical (unpaired) electrons. The Hall–Kier alpha value is -1.99. The lowest BCUT2D eigenvalue weighted by Gasteiger charge is -2.18. The molecule has 1 fully saturated rings. The van der Waals surface area contributed by atoms with Crippen molar-refractivity contribution in [2.75, 3.05) is 0 Å². The van der Waals surface area contributed by atoms with Crippen molar-refractivity contribution in [1.82, 2.24) is 20.0 Å². The predicted molar refractivity (Wildman–Crippen MR) is 102 cm³/mol. The van der Waals surface area contributed by atoms with Crippen LogP contribution >= 0.6 is 15.9 Å². The Morgan fingerprint density at radius 2 is 2.08 bits per heavy atom. The van der Waals surface area contributed by atoms with Gasteiger partial charge in [0.25, 0.3) is 0 Å². The van der Waals surface area contributed by atoms with E-state index in [1.807, 2.05) is 36.7 Å². The van der Waals surface area contributed by atoms with Gasteiger partial charge in [-0.2, -0.15) is 0 Å². The maximum absolute atomic E-state index is 10.4. The van der Waals surface area contributed by atoms with E-state index in [4.69, 9.17) is 4.74 Å². The van der Waals surface area contributed by atoms with Crippen LogP contribution < -0.4 is 4.74 Å². The van der Waals surface area contributed by atoms with Gasteiger partial charge in [-0.25, -0.2) is 4.68 Å². The zero-order chi connectivity index (χ0) is 18.3. The minimum atomic E-state index is -0.687. The Balaban J connectivity index is 1.67. The Kier molecular flexibility index (Phi) is 4.67. The summed E-state index contributed by atoms with van der Waals surface area (Å²) < 4.78 is 8.79. The molecule has 3 aromatic rings. The molecule has 1 aliphatic carbocycles. The zero-order valence-electron chi connectivity index (χ0n) is 14.8. The first-order valence-corrected chi connectivity index (χ1v) is 9.66. The minimum absolute atomic E-state index is 0.0421. The summed E-state index contributed by atoms with van der Waals surface area (Å²) in [6.45, 7) is 4.81. The van der Waals surface area contributed by atoms with Crippen LogP contribution in [0.4, 0.5) is 0 Å². The summed E-state index contributed by atoms with van der Waals surface area (Å²) in [4.78, 5) is 4.31. The van der Waals surface area contributed by atoms with E-state index < -0.39 is 6.10 Å². The van der Waals surface area contributed by atoms with E-state index in [9.17, 15) is 5.11 Å². The van der Waals surface area contributed by atoms with Crippen LogP contribution in [-0.2, 0) is 6.54 Å². The highest BCUT2D eigenvalue weighted by Crippen LogP contribution is 2.38. The van der Waals surface area contributed by atoms with Crippen molar-refractivity contribution < 1.29 is 9.84 Å². The Labute approximate surface area is 160 Å². The van der Waals surface area contributed by atoms with E-state index in [1.165, 1.54) is 12.8 Å². The molecule has 0 saturated heterocycles. The summed E-state index contributed by atoms with van der Waals surface area (Å²) >= 11 is 3.60. The summed E-state index contributed by atoms with van der Waals surface area (Å²) in [6, 6.07) is 7.49. The number of aliphatic hydroxyl groups excluding tert-OH is 1. The number of pyridine rings is 1. The summed E-state index contributed by atoms with van der Waals surface area (Å²) in [7, 11) is 0. The Morgan fingerprint density at radius 3 is 2.81 bits per heavy atom. The molecule has 7 heteroatoms. The van der Waals surface area contributed by atoms with E-state index in [0.29, 0.717) is 17.2 Å². The predicted octanol–water partition coefficient (Wildman–Crippen LogP) is 4.48. The van der Waals surface area contributed by atoms with Crippen molar-refractivity contribution in [3.63, 3.8) is 0 Å². The fraction of sp³-hybridized carbons (Fsp3) is 0.421. The van der Waals surface area contributed by atoms with Gasteiger partial charge in [0.2, 0.25) is 0 Å². The van der Waals surface area contributed by atoms with Gasteiger partial charge in [0.1, 0.15) is 23.1 Å². The van der Waals surface area contributed by atoms with E-state index >= 15 is 0 Å². The smallest absolute Gasteiger partial charge is 0.151 e. The maximum atomic E-state index is 10.4. The second kappa shape index (κ2) is 6.96. The molecule has 0 bridgehead atoms. The molecule has 1 aromatic carbocycles. The van der Waals surface area contributed by atoms with Gasteiger partial charge in [0.15, 0.2) is 5.75 Å². The summed E-state index contributed by atoms with van der Waals surface area (Å²) in [6.07, 6.45) is 3.51. The first-order chi connectivity index (χ1) is 12.5. The normalized spacial score (nSPS) is 15.6. The average molecular weight is 417 g/mol. The van der Waals surface area contributed by atoms with Crippen molar-refractivity contribution in [2.45, 2.75) is 39.3 Å². The zero-order valence-corrected chi connectivity index (χ0v) is 16.3. The molecule has 2 heterocycles.